The lowest BCUT2D eigenvalue weighted by Crippen LogP contribution is -2.50. The van der Waals surface area contributed by atoms with Gasteiger partial charge in [0, 0.05) is 55.5 Å². The number of aromatic nitrogens is 3. The lowest BCUT2D eigenvalue weighted by Gasteiger charge is -2.38. The average molecular weight is 639 g/mol. The van der Waals surface area contributed by atoms with Gasteiger partial charge in [0.2, 0.25) is 0 Å². The number of imidazole rings is 1. The molecular weight excluding hydrogens is 605 g/mol. The maximum absolute atomic E-state index is 13.8. The number of amides is 2. The number of benzene rings is 2. The number of rotatable bonds is 9. The van der Waals surface area contributed by atoms with E-state index in [9.17, 15) is 23.1 Å². The molecule has 14 heteroatoms. The highest BCUT2D eigenvalue weighted by atomic mass is 32.2. The van der Waals surface area contributed by atoms with Crippen LogP contribution in [-0.2, 0) is 17.1 Å². The number of sulfonamides is 1. The van der Waals surface area contributed by atoms with Gasteiger partial charge in [0.25, 0.3) is 21.8 Å². The van der Waals surface area contributed by atoms with Crippen LogP contribution in [0.3, 0.4) is 0 Å². The fourth-order valence-electron chi connectivity index (χ4n) is 4.92. The molecule has 5 rings (SSSR count). The van der Waals surface area contributed by atoms with E-state index in [1.54, 1.807) is 60.0 Å². The molecule has 0 spiro atoms. The van der Waals surface area contributed by atoms with Gasteiger partial charge in [-0.05, 0) is 31.2 Å². The first-order valence-corrected chi connectivity index (χ1v) is 16.3. The minimum absolute atomic E-state index is 0.0600. The molecule has 2 N–H and O–H groups in total. The van der Waals surface area contributed by atoms with Crippen molar-refractivity contribution in [2.75, 3.05) is 32.1 Å². The molecule has 1 aliphatic rings. The summed E-state index contributed by atoms with van der Waals surface area (Å²) in [5.41, 5.74) is 1.72. The summed E-state index contributed by atoms with van der Waals surface area (Å²) in [7, 11) is -0.813. The summed E-state index contributed by atoms with van der Waals surface area (Å²) < 4.78 is 35.8. The molecular formula is C30H34N6O6S2. The molecule has 232 valence electrons. The number of aryl methyl sites for hydroxylation is 1. The van der Waals surface area contributed by atoms with Crippen molar-refractivity contribution in [1.29, 1.82) is 0 Å². The monoisotopic (exact) mass is 638 g/mol. The number of nitrogens with zero attached hydrogens (tertiary/aromatic N) is 5. The second kappa shape index (κ2) is 12.9. The zero-order valence-electron chi connectivity index (χ0n) is 24.7. The predicted molar refractivity (Wildman–Crippen MR) is 166 cm³/mol. The van der Waals surface area contributed by atoms with Crippen molar-refractivity contribution in [3.8, 4) is 16.3 Å². The number of hydrogen-bond donors (Lipinski definition) is 2. The Morgan fingerprint density at radius 2 is 1.98 bits per heavy atom. The van der Waals surface area contributed by atoms with Gasteiger partial charge in [-0.15, -0.1) is 11.3 Å². The Labute approximate surface area is 260 Å². The van der Waals surface area contributed by atoms with Gasteiger partial charge in [0.1, 0.15) is 11.1 Å². The number of likely N-dealkylation sites (N-methyl/N-ethyl adjacent to an activating group) is 1. The number of carbonyl (C=O) groups is 2. The Morgan fingerprint density at radius 3 is 2.61 bits per heavy atom. The molecule has 0 saturated carbocycles. The quantitative estimate of drug-likeness (QED) is 0.284. The molecule has 4 aromatic rings. The van der Waals surface area contributed by atoms with E-state index < -0.39 is 28.1 Å². The molecule has 0 bridgehead atoms. The zero-order valence-corrected chi connectivity index (χ0v) is 26.4. The molecule has 1 aliphatic heterocycles. The Morgan fingerprint density at radius 1 is 1.23 bits per heavy atom. The largest absolute Gasteiger partial charge is 0.486 e. The summed E-state index contributed by atoms with van der Waals surface area (Å²) in [6.07, 6.45) is 3.82. The third-order valence-electron chi connectivity index (χ3n) is 7.56. The van der Waals surface area contributed by atoms with Crippen molar-refractivity contribution < 1.29 is 27.9 Å². The van der Waals surface area contributed by atoms with Crippen LogP contribution < -0.4 is 10.1 Å². The lowest BCUT2D eigenvalue weighted by atomic mass is 9.99. The van der Waals surface area contributed by atoms with Crippen molar-refractivity contribution >= 4 is 38.9 Å². The standard InChI is InChI=1S/C30H34N6O6S2/c1-19-14-36(20(2)17-37)30(39)23-6-5-7-24(33-28(38)21-8-10-22(11-9-21)29-31-12-13-43-29)27(23)42-25(19)15-35(4)44(40,41)26-16-34(3)18-32-26/h5-13,16,18-20,25,37H,14-15,17H2,1-4H3,(H,33,38)/t19-,20-,25+/m0/s1. The summed E-state index contributed by atoms with van der Waals surface area (Å²) in [6.45, 7) is 3.48. The maximum atomic E-state index is 13.8. The molecule has 0 fully saturated rings. The Kier molecular flexibility index (Phi) is 9.15. The fraction of sp³-hybridized carbons (Fsp3) is 0.333. The van der Waals surface area contributed by atoms with E-state index in [1.807, 2.05) is 24.4 Å². The number of thiazole rings is 1. The Hall–Kier alpha value is -4.11. The topological polar surface area (TPSA) is 147 Å². The summed E-state index contributed by atoms with van der Waals surface area (Å²) in [4.78, 5) is 37.0. The van der Waals surface area contributed by atoms with Crippen LogP contribution in [0.5, 0.6) is 5.75 Å². The van der Waals surface area contributed by atoms with Crippen molar-refractivity contribution in [2.24, 2.45) is 13.0 Å². The number of carbonyl (C=O) groups excluding carboxylic acids is 2. The van der Waals surface area contributed by atoms with Gasteiger partial charge in [0.05, 0.1) is 36.8 Å². The number of fused-ring (bicyclic) bond motifs is 1. The average Bonchev–Trinajstić information content (AvgIpc) is 3.71. The number of aliphatic hydroxyl groups is 1. The zero-order chi connectivity index (χ0) is 31.6. The first kappa shape index (κ1) is 31.3. The van der Waals surface area contributed by atoms with Crippen molar-refractivity contribution in [3.63, 3.8) is 0 Å². The summed E-state index contributed by atoms with van der Waals surface area (Å²) >= 11 is 1.50. The van der Waals surface area contributed by atoms with Crippen LogP contribution >= 0.6 is 11.3 Å². The van der Waals surface area contributed by atoms with Crippen molar-refractivity contribution in [2.45, 2.75) is 31.0 Å². The molecule has 2 aromatic heterocycles. The summed E-state index contributed by atoms with van der Waals surface area (Å²) in [5.74, 6) is -1.02. The first-order valence-electron chi connectivity index (χ1n) is 14.0. The molecule has 0 aliphatic carbocycles. The lowest BCUT2D eigenvalue weighted by molar-refractivity contribution is 0.0388. The highest BCUT2D eigenvalue weighted by Gasteiger charge is 2.36. The molecule has 0 unspecified atom stereocenters. The summed E-state index contributed by atoms with van der Waals surface area (Å²) in [5, 5.41) is 15.4. The number of ether oxygens (including phenoxy) is 1. The SMILES string of the molecule is C[C@H]1CN([C@@H](C)CO)C(=O)c2cccc(NC(=O)c3ccc(-c4nccs4)cc3)c2O[C@@H]1CN(C)S(=O)(=O)c1cn(C)cn1. The van der Waals surface area contributed by atoms with Gasteiger partial charge in [0.15, 0.2) is 10.8 Å². The molecule has 3 atom stereocenters. The van der Waals surface area contributed by atoms with Gasteiger partial charge < -0.3 is 24.6 Å². The predicted octanol–water partition coefficient (Wildman–Crippen LogP) is 3.34. The molecule has 12 nitrogen and oxygen atoms in total. The van der Waals surface area contributed by atoms with Gasteiger partial charge >= 0.3 is 0 Å². The van der Waals surface area contributed by atoms with E-state index in [-0.39, 0.29) is 53.5 Å². The Balaban J connectivity index is 1.47. The van der Waals surface area contributed by atoms with E-state index in [4.69, 9.17) is 4.74 Å². The molecule has 44 heavy (non-hydrogen) atoms. The van der Waals surface area contributed by atoms with Crippen LogP contribution in [0.1, 0.15) is 34.6 Å². The normalized spacial score (nSPS) is 17.9. The number of nitrogens with one attached hydrogen (secondary N) is 1. The number of aliphatic hydroxyl groups excluding tert-OH is 1. The van der Waals surface area contributed by atoms with Gasteiger partial charge in [-0.2, -0.15) is 4.31 Å². The van der Waals surface area contributed by atoms with E-state index in [0.29, 0.717) is 5.56 Å². The molecule has 2 aromatic carbocycles. The minimum atomic E-state index is -3.94. The second-order valence-corrected chi connectivity index (χ2v) is 13.7. The van der Waals surface area contributed by atoms with Crippen LogP contribution in [0.25, 0.3) is 10.6 Å². The Bertz CT molecular complexity index is 1740. The van der Waals surface area contributed by atoms with Crippen LogP contribution in [0.2, 0.25) is 0 Å². The number of para-hydroxylation sites is 1. The van der Waals surface area contributed by atoms with Crippen molar-refractivity contribution in [1.82, 2.24) is 23.7 Å². The third kappa shape index (κ3) is 6.38. The van der Waals surface area contributed by atoms with Crippen LogP contribution in [0.15, 0.2) is 71.6 Å². The smallest absolute Gasteiger partial charge is 0.261 e. The van der Waals surface area contributed by atoms with Crippen LogP contribution in [0.4, 0.5) is 5.69 Å². The number of hydrogen-bond acceptors (Lipinski definition) is 9. The highest BCUT2D eigenvalue weighted by molar-refractivity contribution is 7.89. The minimum Gasteiger partial charge on any atom is -0.486 e. The van der Waals surface area contributed by atoms with E-state index in [0.717, 1.165) is 10.6 Å². The van der Waals surface area contributed by atoms with Gasteiger partial charge in [-0.3, -0.25) is 9.59 Å². The number of anilines is 1. The molecule has 3 heterocycles. The van der Waals surface area contributed by atoms with Crippen LogP contribution in [0, 0.1) is 5.92 Å². The molecule has 0 saturated heterocycles. The molecule has 2 amide bonds. The third-order valence-corrected chi connectivity index (χ3v) is 10.1. The van der Waals surface area contributed by atoms with E-state index in [1.165, 1.54) is 35.2 Å². The van der Waals surface area contributed by atoms with Crippen molar-refractivity contribution in [3.05, 3.63) is 77.7 Å². The fourth-order valence-corrected chi connectivity index (χ4v) is 6.70. The van der Waals surface area contributed by atoms with Gasteiger partial charge in [-0.1, -0.05) is 25.1 Å². The highest BCUT2D eigenvalue weighted by Crippen LogP contribution is 2.35. The summed E-state index contributed by atoms with van der Waals surface area (Å²) in [6, 6.07) is 11.4. The van der Waals surface area contributed by atoms with Crippen LogP contribution in [-0.4, -0.2) is 88.0 Å². The molecule has 0 radical (unpaired) electrons. The first-order chi connectivity index (χ1) is 21.0. The van der Waals surface area contributed by atoms with E-state index >= 15 is 0 Å². The van der Waals surface area contributed by atoms with Gasteiger partial charge in [-0.25, -0.2) is 18.4 Å². The van der Waals surface area contributed by atoms with E-state index in [2.05, 4.69) is 15.3 Å². The maximum Gasteiger partial charge on any atom is 0.261 e. The second-order valence-electron chi connectivity index (χ2n) is 10.8.